The van der Waals surface area contributed by atoms with Crippen LogP contribution >= 0.6 is 0 Å². The van der Waals surface area contributed by atoms with Crippen LogP contribution in [0.1, 0.15) is 116 Å². The fourth-order valence-electron chi connectivity index (χ4n) is 5.53. The SMILES string of the molecule is O=C(O)CCCCCCCCCCCCCCCCC(=O)N[C@H](CCC(=O)NCCOCCOCC(=O)NCCOCCOCC(=O)On1c(O)ccc1O)C(=O)O. The average molecular weight is 831 g/mol. The number of aromatic nitrogens is 1. The van der Waals surface area contributed by atoms with E-state index in [2.05, 4.69) is 16.0 Å². The highest BCUT2D eigenvalue weighted by Crippen LogP contribution is 2.18. The quantitative estimate of drug-likeness (QED) is 0.0470. The van der Waals surface area contributed by atoms with E-state index in [0.29, 0.717) is 11.2 Å². The lowest BCUT2D eigenvalue weighted by Gasteiger charge is -2.14. The van der Waals surface area contributed by atoms with E-state index < -0.39 is 42.3 Å². The maximum Gasteiger partial charge on any atom is 0.358 e. The number of aromatic hydroxyl groups is 2. The van der Waals surface area contributed by atoms with Gasteiger partial charge in [0.05, 0.1) is 39.6 Å². The minimum Gasteiger partial charge on any atom is -0.492 e. The topological polar surface area (TPSA) is 271 Å². The van der Waals surface area contributed by atoms with Crippen molar-refractivity contribution in [1.29, 1.82) is 0 Å². The Kier molecular flexibility index (Phi) is 30.7. The lowest BCUT2D eigenvalue weighted by atomic mass is 10.0. The predicted molar refractivity (Wildman–Crippen MR) is 209 cm³/mol. The molecule has 3 amide bonds. The van der Waals surface area contributed by atoms with Crippen LogP contribution in [0.4, 0.5) is 0 Å². The van der Waals surface area contributed by atoms with E-state index in [9.17, 15) is 44.1 Å². The summed E-state index contributed by atoms with van der Waals surface area (Å²) in [4.78, 5) is 74.8. The highest BCUT2D eigenvalue weighted by Gasteiger charge is 2.21. The number of carbonyl (C=O) groups excluding carboxylic acids is 4. The molecule has 7 N–H and O–H groups in total. The Morgan fingerprint density at radius 2 is 0.983 bits per heavy atom. The Labute approximate surface area is 340 Å². The molecule has 0 aliphatic carbocycles. The molecule has 0 saturated heterocycles. The Bertz CT molecular complexity index is 1290. The Hall–Kier alpha value is -4.46. The van der Waals surface area contributed by atoms with Crippen molar-refractivity contribution in [3.63, 3.8) is 0 Å². The fraction of sp³-hybridized carbons (Fsp3) is 0.744. The third-order valence-electron chi connectivity index (χ3n) is 8.66. The second-order valence-electron chi connectivity index (χ2n) is 13.7. The zero-order chi connectivity index (χ0) is 42.6. The van der Waals surface area contributed by atoms with E-state index in [1.165, 1.54) is 38.5 Å². The summed E-state index contributed by atoms with van der Waals surface area (Å²) >= 11 is 0. The van der Waals surface area contributed by atoms with Crippen LogP contribution in [0.25, 0.3) is 0 Å². The lowest BCUT2D eigenvalue weighted by Crippen LogP contribution is -2.41. The van der Waals surface area contributed by atoms with Gasteiger partial charge < -0.3 is 60.2 Å². The largest absolute Gasteiger partial charge is 0.492 e. The number of ether oxygens (including phenoxy) is 4. The smallest absolute Gasteiger partial charge is 0.358 e. The molecule has 0 spiro atoms. The molecule has 0 fully saturated rings. The first kappa shape index (κ1) is 51.6. The number of nitrogens with one attached hydrogen (secondary N) is 3. The molecule has 1 atom stereocenters. The molecule has 1 aromatic heterocycles. The van der Waals surface area contributed by atoms with Crippen LogP contribution < -0.4 is 20.8 Å². The molecular formula is C39H66N4O15. The predicted octanol–water partition coefficient (Wildman–Crippen LogP) is 2.83. The minimum atomic E-state index is -1.19. The van der Waals surface area contributed by atoms with E-state index in [-0.39, 0.29) is 103 Å². The molecule has 0 aliphatic heterocycles. The van der Waals surface area contributed by atoms with Crippen molar-refractivity contribution in [3.8, 4) is 11.8 Å². The van der Waals surface area contributed by atoms with Gasteiger partial charge in [0.15, 0.2) is 0 Å². The van der Waals surface area contributed by atoms with Gasteiger partial charge in [-0.25, -0.2) is 9.59 Å². The van der Waals surface area contributed by atoms with Gasteiger partial charge >= 0.3 is 17.9 Å². The van der Waals surface area contributed by atoms with Crippen molar-refractivity contribution in [3.05, 3.63) is 12.1 Å². The normalized spacial score (nSPS) is 11.5. The molecule has 0 unspecified atom stereocenters. The lowest BCUT2D eigenvalue weighted by molar-refractivity contribution is -0.151. The number of carbonyl (C=O) groups is 6. The van der Waals surface area contributed by atoms with Gasteiger partial charge in [-0.1, -0.05) is 77.0 Å². The van der Waals surface area contributed by atoms with E-state index in [4.69, 9.17) is 28.9 Å². The Morgan fingerprint density at radius 3 is 1.48 bits per heavy atom. The third-order valence-corrected chi connectivity index (χ3v) is 8.66. The summed E-state index contributed by atoms with van der Waals surface area (Å²) in [5, 5.41) is 44.8. The van der Waals surface area contributed by atoms with Gasteiger partial charge in [-0.3, -0.25) is 19.2 Å². The van der Waals surface area contributed by atoms with Crippen molar-refractivity contribution in [1.82, 2.24) is 20.7 Å². The summed E-state index contributed by atoms with van der Waals surface area (Å²) in [6, 6.07) is 1.15. The number of nitrogens with zero attached hydrogens (tertiary/aromatic N) is 1. The average Bonchev–Trinajstić information content (AvgIpc) is 3.50. The summed E-state index contributed by atoms with van der Waals surface area (Å²) in [5.74, 6) is -4.70. The van der Waals surface area contributed by atoms with Crippen LogP contribution in [0, 0.1) is 0 Å². The number of unbranched alkanes of at least 4 members (excludes halogenated alkanes) is 13. The molecule has 19 heteroatoms. The molecule has 332 valence electrons. The number of hydrogen-bond donors (Lipinski definition) is 7. The minimum absolute atomic E-state index is 0.0364. The summed E-state index contributed by atoms with van der Waals surface area (Å²) in [5.41, 5.74) is 0. The van der Waals surface area contributed by atoms with Crippen molar-refractivity contribution in [2.75, 3.05) is 65.9 Å². The molecule has 0 radical (unpaired) electrons. The zero-order valence-corrected chi connectivity index (χ0v) is 33.8. The van der Waals surface area contributed by atoms with Crippen molar-refractivity contribution < 1.29 is 73.0 Å². The molecular weight excluding hydrogens is 764 g/mol. The van der Waals surface area contributed by atoms with Crippen molar-refractivity contribution >= 4 is 35.6 Å². The van der Waals surface area contributed by atoms with Gasteiger partial charge in [0, 0.05) is 44.5 Å². The van der Waals surface area contributed by atoms with E-state index in [1.807, 2.05) is 0 Å². The van der Waals surface area contributed by atoms with Crippen LogP contribution in [0.2, 0.25) is 0 Å². The summed E-state index contributed by atoms with van der Waals surface area (Å²) in [6.45, 7) is 0.703. The van der Waals surface area contributed by atoms with Crippen LogP contribution in [0.3, 0.4) is 0 Å². The van der Waals surface area contributed by atoms with Crippen molar-refractivity contribution in [2.24, 2.45) is 0 Å². The van der Waals surface area contributed by atoms with Crippen molar-refractivity contribution in [2.45, 2.75) is 122 Å². The zero-order valence-electron chi connectivity index (χ0n) is 33.8. The van der Waals surface area contributed by atoms with Gasteiger partial charge in [0.25, 0.3) is 0 Å². The first-order chi connectivity index (χ1) is 28.0. The summed E-state index contributed by atoms with van der Waals surface area (Å²) < 4.78 is 21.5. The molecule has 0 bridgehead atoms. The van der Waals surface area contributed by atoms with E-state index >= 15 is 0 Å². The monoisotopic (exact) mass is 830 g/mol. The standard InChI is InChI=1S/C39H66N4O15/c44-32(18-17-31(39(52)53)42-33(45)15-13-11-9-7-5-3-1-2-4-6-8-10-12-14-16-37(49)50)40-21-23-54-25-27-56-29-34(46)41-22-24-55-26-28-57-30-38(51)58-43-35(47)19-20-36(43)48/h19-20,31,47-48H,1-18,21-30H2,(H,40,44)(H,41,46)(H,42,45)(H,49,50)(H,52,53)/t31-/m1/s1. The highest BCUT2D eigenvalue weighted by molar-refractivity contribution is 5.84. The Morgan fingerprint density at radius 1 is 0.534 bits per heavy atom. The molecule has 0 aliphatic rings. The number of aliphatic carboxylic acids is 2. The second kappa shape index (κ2) is 34.6. The van der Waals surface area contributed by atoms with Crippen LogP contribution in [0.5, 0.6) is 11.8 Å². The van der Waals surface area contributed by atoms with Gasteiger partial charge in [-0.15, -0.1) is 4.73 Å². The van der Waals surface area contributed by atoms with Crippen LogP contribution in [-0.4, -0.2) is 133 Å². The van der Waals surface area contributed by atoms with E-state index in [0.717, 1.165) is 57.1 Å². The molecule has 1 rings (SSSR count). The molecule has 1 aromatic rings. The highest BCUT2D eigenvalue weighted by atomic mass is 16.7. The number of carboxylic acid groups (broad SMARTS) is 2. The third kappa shape index (κ3) is 29.7. The van der Waals surface area contributed by atoms with E-state index in [1.54, 1.807) is 0 Å². The number of amides is 3. The Balaban J connectivity index is 1.92. The van der Waals surface area contributed by atoms with Crippen LogP contribution in [0.15, 0.2) is 12.1 Å². The maximum absolute atomic E-state index is 12.3. The van der Waals surface area contributed by atoms with Gasteiger partial charge in [-0.2, -0.15) is 0 Å². The molecule has 0 aromatic carbocycles. The molecule has 58 heavy (non-hydrogen) atoms. The first-order valence-corrected chi connectivity index (χ1v) is 20.4. The van der Waals surface area contributed by atoms with Gasteiger partial charge in [0.1, 0.15) is 19.3 Å². The number of carboxylic acids is 2. The number of hydrogen-bond acceptors (Lipinski definition) is 13. The second-order valence-corrected chi connectivity index (χ2v) is 13.7. The molecule has 19 nitrogen and oxygen atoms in total. The van der Waals surface area contributed by atoms with Gasteiger partial charge in [0.2, 0.25) is 29.5 Å². The molecule has 0 saturated carbocycles. The first-order valence-electron chi connectivity index (χ1n) is 20.4. The molecule has 1 heterocycles. The van der Waals surface area contributed by atoms with Gasteiger partial charge in [-0.05, 0) is 19.3 Å². The number of rotatable bonds is 39. The van der Waals surface area contributed by atoms with Crippen LogP contribution in [-0.2, 0) is 47.7 Å². The summed E-state index contributed by atoms with van der Waals surface area (Å²) in [6.07, 6.45) is 15.4. The maximum atomic E-state index is 12.3. The fourth-order valence-corrected chi connectivity index (χ4v) is 5.53. The summed E-state index contributed by atoms with van der Waals surface area (Å²) in [7, 11) is 0.